The molecule has 0 saturated carbocycles. The first-order chi connectivity index (χ1) is 20.4. The van der Waals surface area contributed by atoms with E-state index in [4.69, 9.17) is 0 Å². The lowest BCUT2D eigenvalue weighted by molar-refractivity contribution is -0.132. The van der Waals surface area contributed by atoms with E-state index in [0.717, 1.165) is 33.3 Å². The summed E-state index contributed by atoms with van der Waals surface area (Å²) in [5, 5.41) is 1.14. The zero-order chi connectivity index (χ0) is 29.5. The minimum Gasteiger partial charge on any atom is -0.378 e. The second-order valence-electron chi connectivity index (χ2n) is 10.6. The van der Waals surface area contributed by atoms with Crippen LogP contribution in [0.25, 0.3) is 10.9 Å². The molecule has 2 amide bonds. The molecule has 0 aliphatic carbocycles. The van der Waals surface area contributed by atoms with Crippen LogP contribution in [0, 0.1) is 5.82 Å². The number of carbonyl (C=O) groups is 2. The number of halogens is 1. The molecule has 0 fully saturated rings. The first kappa shape index (κ1) is 28.6. The van der Waals surface area contributed by atoms with Gasteiger partial charge in [-0.25, -0.2) is 4.39 Å². The molecule has 214 valence electrons. The molecular weight excluding hydrogens is 527 g/mol. The van der Waals surface area contributed by atoms with Gasteiger partial charge in [0.25, 0.3) is 5.91 Å². The third kappa shape index (κ3) is 7.04. The van der Waals surface area contributed by atoms with E-state index in [1.165, 1.54) is 24.3 Å². The summed E-state index contributed by atoms with van der Waals surface area (Å²) in [6, 6.07) is 31.3. The SMILES string of the molecule is CN(C)c1ccc(CN(CCc2c[nH]c3ccccc23)C(=O)CN(Cc2ccccc2)C(=O)c2ccc(F)cc2)cc1. The van der Waals surface area contributed by atoms with Crippen molar-refractivity contribution >= 4 is 28.4 Å². The van der Waals surface area contributed by atoms with Gasteiger partial charge in [-0.1, -0.05) is 60.7 Å². The molecule has 5 aromatic rings. The van der Waals surface area contributed by atoms with Gasteiger partial charge >= 0.3 is 0 Å². The summed E-state index contributed by atoms with van der Waals surface area (Å²) in [6.07, 6.45) is 2.66. The van der Waals surface area contributed by atoms with E-state index in [2.05, 4.69) is 11.1 Å². The number of fused-ring (bicyclic) bond motifs is 1. The van der Waals surface area contributed by atoms with Crippen molar-refractivity contribution in [3.8, 4) is 0 Å². The molecule has 0 atom stereocenters. The molecule has 0 aliphatic rings. The Hall–Kier alpha value is -4.91. The summed E-state index contributed by atoms with van der Waals surface area (Å²) in [5.74, 6) is -0.891. The fourth-order valence-electron chi connectivity index (χ4n) is 5.05. The Kier molecular flexibility index (Phi) is 8.97. The van der Waals surface area contributed by atoms with E-state index in [1.807, 2.05) is 103 Å². The van der Waals surface area contributed by atoms with Gasteiger partial charge in [0, 0.05) is 62.1 Å². The van der Waals surface area contributed by atoms with Crippen LogP contribution in [0.3, 0.4) is 0 Å². The normalized spacial score (nSPS) is 10.9. The Labute approximate surface area is 246 Å². The van der Waals surface area contributed by atoms with Crippen molar-refractivity contribution in [1.82, 2.24) is 14.8 Å². The Morgan fingerprint density at radius 2 is 1.38 bits per heavy atom. The van der Waals surface area contributed by atoms with E-state index >= 15 is 0 Å². The molecule has 42 heavy (non-hydrogen) atoms. The molecule has 1 heterocycles. The van der Waals surface area contributed by atoms with Crippen molar-refractivity contribution in [2.45, 2.75) is 19.5 Å². The molecule has 0 aliphatic heterocycles. The van der Waals surface area contributed by atoms with Crippen LogP contribution in [0.5, 0.6) is 0 Å². The van der Waals surface area contributed by atoms with Crippen LogP contribution in [0.2, 0.25) is 0 Å². The van der Waals surface area contributed by atoms with Gasteiger partial charge in [0.05, 0.1) is 0 Å². The number of aromatic amines is 1. The summed E-state index contributed by atoms with van der Waals surface area (Å²) in [6.45, 7) is 1.06. The van der Waals surface area contributed by atoms with Gasteiger partial charge in [-0.15, -0.1) is 0 Å². The summed E-state index contributed by atoms with van der Waals surface area (Å²) in [4.78, 5) is 36.3. The highest BCUT2D eigenvalue weighted by Gasteiger charge is 2.23. The maximum atomic E-state index is 14.0. The van der Waals surface area contributed by atoms with E-state index in [0.29, 0.717) is 25.1 Å². The predicted molar refractivity (Wildman–Crippen MR) is 166 cm³/mol. The van der Waals surface area contributed by atoms with Crippen LogP contribution >= 0.6 is 0 Å². The molecule has 0 bridgehead atoms. The average Bonchev–Trinajstić information content (AvgIpc) is 3.42. The summed E-state index contributed by atoms with van der Waals surface area (Å²) in [5.41, 5.74) is 5.52. The molecule has 0 saturated heterocycles. The van der Waals surface area contributed by atoms with Crippen LogP contribution in [0.15, 0.2) is 109 Å². The minimum absolute atomic E-state index is 0.102. The van der Waals surface area contributed by atoms with Gasteiger partial charge in [0.2, 0.25) is 5.91 Å². The maximum absolute atomic E-state index is 14.0. The van der Waals surface area contributed by atoms with Crippen LogP contribution in [0.4, 0.5) is 10.1 Å². The number of amides is 2. The zero-order valence-electron chi connectivity index (χ0n) is 24.0. The molecule has 5 rings (SSSR count). The average molecular weight is 563 g/mol. The highest BCUT2D eigenvalue weighted by molar-refractivity contribution is 5.96. The standard InChI is InChI=1S/C35H35FN4O2/c1-38(2)31-18-12-27(13-19-31)23-39(21-20-29-22-37-33-11-7-6-10-32(29)33)34(41)25-40(24-26-8-4-3-5-9-26)35(42)28-14-16-30(36)17-15-28/h3-19,22,37H,20-21,23-25H2,1-2H3. The number of hydrogen-bond acceptors (Lipinski definition) is 3. The van der Waals surface area contributed by atoms with Crippen molar-refractivity contribution in [2.24, 2.45) is 0 Å². The smallest absolute Gasteiger partial charge is 0.254 e. The number of carbonyl (C=O) groups excluding carboxylic acids is 2. The molecule has 0 unspecified atom stereocenters. The van der Waals surface area contributed by atoms with Crippen molar-refractivity contribution in [3.05, 3.63) is 137 Å². The van der Waals surface area contributed by atoms with Crippen LogP contribution in [-0.4, -0.2) is 53.8 Å². The van der Waals surface area contributed by atoms with Gasteiger partial charge in [0.15, 0.2) is 0 Å². The van der Waals surface area contributed by atoms with Crippen LogP contribution < -0.4 is 4.90 Å². The third-order valence-corrected chi connectivity index (χ3v) is 7.43. The van der Waals surface area contributed by atoms with Gasteiger partial charge in [-0.3, -0.25) is 9.59 Å². The number of aromatic nitrogens is 1. The fraction of sp³-hybridized carbons (Fsp3) is 0.200. The highest BCUT2D eigenvalue weighted by atomic mass is 19.1. The molecule has 1 aromatic heterocycles. The lowest BCUT2D eigenvalue weighted by Crippen LogP contribution is -2.43. The molecular formula is C35H35FN4O2. The third-order valence-electron chi connectivity index (χ3n) is 7.43. The largest absolute Gasteiger partial charge is 0.378 e. The van der Waals surface area contributed by atoms with Crippen molar-refractivity contribution in [2.75, 3.05) is 32.1 Å². The monoisotopic (exact) mass is 562 g/mol. The number of rotatable bonds is 11. The number of benzene rings is 4. The van der Waals surface area contributed by atoms with Crippen molar-refractivity contribution < 1.29 is 14.0 Å². The van der Waals surface area contributed by atoms with Gasteiger partial charge in [0.1, 0.15) is 12.4 Å². The second kappa shape index (κ2) is 13.2. The van der Waals surface area contributed by atoms with Gasteiger partial charge in [-0.05, 0) is 65.6 Å². The molecule has 1 N–H and O–H groups in total. The number of para-hydroxylation sites is 1. The first-order valence-corrected chi connectivity index (χ1v) is 14.0. The quantitative estimate of drug-likeness (QED) is 0.206. The number of anilines is 1. The van der Waals surface area contributed by atoms with E-state index in [1.54, 1.807) is 4.90 Å². The molecule has 4 aromatic carbocycles. The maximum Gasteiger partial charge on any atom is 0.254 e. The lowest BCUT2D eigenvalue weighted by Gasteiger charge is -2.28. The van der Waals surface area contributed by atoms with Gasteiger partial charge < -0.3 is 19.7 Å². The Balaban J connectivity index is 1.40. The second-order valence-corrected chi connectivity index (χ2v) is 10.6. The topological polar surface area (TPSA) is 59.7 Å². The first-order valence-electron chi connectivity index (χ1n) is 14.0. The molecule has 0 spiro atoms. The van der Waals surface area contributed by atoms with Crippen molar-refractivity contribution in [1.29, 1.82) is 0 Å². The fourth-order valence-corrected chi connectivity index (χ4v) is 5.05. The minimum atomic E-state index is -0.416. The summed E-state index contributed by atoms with van der Waals surface area (Å²) < 4.78 is 13.6. The van der Waals surface area contributed by atoms with E-state index in [-0.39, 0.29) is 24.9 Å². The molecule has 6 nitrogen and oxygen atoms in total. The van der Waals surface area contributed by atoms with E-state index < -0.39 is 5.82 Å². The number of hydrogen-bond donors (Lipinski definition) is 1. The highest BCUT2D eigenvalue weighted by Crippen LogP contribution is 2.20. The van der Waals surface area contributed by atoms with Crippen LogP contribution in [-0.2, 0) is 24.3 Å². The lowest BCUT2D eigenvalue weighted by atomic mass is 10.1. The Morgan fingerprint density at radius 3 is 2.10 bits per heavy atom. The summed E-state index contributed by atoms with van der Waals surface area (Å²) in [7, 11) is 3.98. The number of H-pyrrole nitrogens is 1. The summed E-state index contributed by atoms with van der Waals surface area (Å²) >= 11 is 0. The van der Waals surface area contributed by atoms with E-state index in [9.17, 15) is 14.0 Å². The number of nitrogens with zero attached hydrogens (tertiary/aromatic N) is 3. The van der Waals surface area contributed by atoms with Crippen molar-refractivity contribution in [3.63, 3.8) is 0 Å². The molecule has 7 heteroatoms. The Morgan fingerprint density at radius 1 is 0.738 bits per heavy atom. The zero-order valence-corrected chi connectivity index (χ0v) is 24.0. The van der Waals surface area contributed by atoms with Gasteiger partial charge in [-0.2, -0.15) is 0 Å². The molecule has 0 radical (unpaired) electrons. The Bertz CT molecular complexity index is 1630. The predicted octanol–water partition coefficient (Wildman–Crippen LogP) is 6.29. The number of nitrogens with one attached hydrogen (secondary N) is 1. The van der Waals surface area contributed by atoms with Crippen LogP contribution in [0.1, 0.15) is 27.0 Å².